The van der Waals surface area contributed by atoms with E-state index in [1.165, 1.54) is 0 Å². The third-order valence-electron chi connectivity index (χ3n) is 5.90. The molecule has 1 aromatic heterocycles. The number of halogens is 2. The molecule has 0 radical (unpaired) electrons. The molecule has 0 spiro atoms. The predicted octanol–water partition coefficient (Wildman–Crippen LogP) is 3.21. The maximum absolute atomic E-state index is 14.1. The van der Waals surface area contributed by atoms with Crippen molar-refractivity contribution in [2.75, 3.05) is 44.7 Å². The van der Waals surface area contributed by atoms with E-state index >= 15 is 0 Å². The van der Waals surface area contributed by atoms with Crippen LogP contribution in [0.4, 0.5) is 14.5 Å². The molecule has 10 heteroatoms. The molecule has 1 aliphatic heterocycles. The smallest absolute Gasteiger partial charge is 0.243 e. The van der Waals surface area contributed by atoms with E-state index < -0.39 is 26.6 Å². The zero-order valence-electron chi connectivity index (χ0n) is 18.7. The van der Waals surface area contributed by atoms with Gasteiger partial charge >= 0.3 is 0 Å². The van der Waals surface area contributed by atoms with Crippen LogP contribution in [-0.2, 0) is 10.0 Å². The second-order valence-electron chi connectivity index (χ2n) is 7.92. The third-order valence-corrected chi connectivity index (χ3v) is 7.34. The molecule has 3 aromatic rings. The van der Waals surface area contributed by atoms with Gasteiger partial charge in [-0.15, -0.1) is 0 Å². The number of pyridine rings is 1. The topological polar surface area (TPSA) is 74.8 Å². The molecule has 180 valence electrons. The Morgan fingerprint density at radius 2 is 1.82 bits per heavy atom. The normalized spacial score (nSPS) is 15.8. The third kappa shape index (κ3) is 5.35. The molecule has 0 unspecified atom stereocenters. The number of nitrogens with zero attached hydrogens (tertiary/aromatic N) is 3. The van der Waals surface area contributed by atoms with Crippen molar-refractivity contribution in [1.82, 2.24) is 14.6 Å². The number of hydrogen-bond donors (Lipinski definition) is 1. The summed E-state index contributed by atoms with van der Waals surface area (Å²) < 4.78 is 61.1. The zero-order valence-corrected chi connectivity index (χ0v) is 19.5. The fourth-order valence-electron chi connectivity index (χ4n) is 4.15. The maximum Gasteiger partial charge on any atom is 0.243 e. The molecular formula is C24H26F2N4O3S. The fraction of sp³-hybridized carbons (Fsp3) is 0.292. The molecular weight excluding hydrogens is 462 g/mol. The molecule has 1 saturated heterocycles. The Morgan fingerprint density at radius 3 is 2.53 bits per heavy atom. The predicted molar refractivity (Wildman–Crippen MR) is 125 cm³/mol. The zero-order chi connectivity index (χ0) is 24.1. The van der Waals surface area contributed by atoms with Gasteiger partial charge in [-0.1, -0.05) is 18.2 Å². The Hall–Kier alpha value is -3.08. The molecule has 0 saturated carbocycles. The average Bonchev–Trinajstić information content (AvgIpc) is 2.86. The summed E-state index contributed by atoms with van der Waals surface area (Å²) in [5, 5.41) is 0. The van der Waals surface area contributed by atoms with Crippen LogP contribution in [0.25, 0.3) is 0 Å². The molecule has 0 bridgehead atoms. The number of sulfonamides is 1. The van der Waals surface area contributed by atoms with Crippen molar-refractivity contribution in [1.29, 1.82) is 0 Å². The summed E-state index contributed by atoms with van der Waals surface area (Å²) in [6.07, 6.45) is 3.33. The van der Waals surface area contributed by atoms with E-state index in [0.717, 1.165) is 29.1 Å². The van der Waals surface area contributed by atoms with E-state index in [9.17, 15) is 17.2 Å². The van der Waals surface area contributed by atoms with Crippen molar-refractivity contribution in [3.63, 3.8) is 0 Å². The first kappa shape index (κ1) is 24.1. The summed E-state index contributed by atoms with van der Waals surface area (Å²) in [7, 11) is -2.62. The van der Waals surface area contributed by atoms with Gasteiger partial charge < -0.3 is 9.64 Å². The SMILES string of the molecule is COc1ccccc1N1CCN([C@@H](CNS(=O)(=O)c2cc(F)ccc2F)c2cccnc2)CC1. The van der Waals surface area contributed by atoms with Crippen LogP contribution in [0.15, 0.2) is 71.9 Å². The highest BCUT2D eigenvalue weighted by Gasteiger charge is 2.29. The van der Waals surface area contributed by atoms with Crippen LogP contribution in [0, 0.1) is 11.6 Å². The summed E-state index contributed by atoms with van der Waals surface area (Å²) in [4.78, 5) is 7.85. The van der Waals surface area contributed by atoms with E-state index in [-0.39, 0.29) is 12.6 Å². The number of nitrogens with one attached hydrogen (secondary N) is 1. The van der Waals surface area contributed by atoms with Gasteiger partial charge in [-0.3, -0.25) is 9.88 Å². The molecule has 2 aromatic carbocycles. The van der Waals surface area contributed by atoms with E-state index in [0.29, 0.717) is 32.2 Å². The quantitative estimate of drug-likeness (QED) is 0.525. The van der Waals surface area contributed by atoms with E-state index in [1.54, 1.807) is 25.6 Å². The molecule has 0 amide bonds. The number of para-hydroxylation sites is 2. The second kappa shape index (κ2) is 10.5. The number of hydrogen-bond acceptors (Lipinski definition) is 6. The standard InChI is InChI=1S/C24H26F2N4O3S/c1-33-23-7-3-2-6-21(23)29-11-13-30(14-12-29)22(18-5-4-10-27-16-18)17-28-34(31,32)24-15-19(25)8-9-20(24)26/h2-10,15-16,22,28H,11-14,17H2,1H3/t22-/m0/s1. The van der Waals surface area contributed by atoms with Gasteiger partial charge in [0, 0.05) is 45.1 Å². The summed E-state index contributed by atoms with van der Waals surface area (Å²) >= 11 is 0. The molecule has 1 atom stereocenters. The van der Waals surface area contributed by atoms with Crippen LogP contribution in [-0.4, -0.2) is 58.1 Å². The van der Waals surface area contributed by atoms with Crippen molar-refractivity contribution < 1.29 is 21.9 Å². The minimum absolute atomic E-state index is 0.0152. The molecule has 1 fully saturated rings. The van der Waals surface area contributed by atoms with Crippen molar-refractivity contribution in [2.45, 2.75) is 10.9 Å². The Labute approximate surface area is 198 Å². The minimum Gasteiger partial charge on any atom is -0.495 e. The van der Waals surface area contributed by atoms with Crippen LogP contribution in [0.1, 0.15) is 11.6 Å². The van der Waals surface area contributed by atoms with Crippen molar-refractivity contribution in [3.8, 4) is 5.75 Å². The van der Waals surface area contributed by atoms with Crippen LogP contribution >= 0.6 is 0 Å². The van der Waals surface area contributed by atoms with Gasteiger partial charge in [0.25, 0.3) is 0 Å². The van der Waals surface area contributed by atoms with Gasteiger partial charge in [0.1, 0.15) is 22.3 Å². The van der Waals surface area contributed by atoms with Crippen LogP contribution in [0.2, 0.25) is 0 Å². The van der Waals surface area contributed by atoms with E-state index in [4.69, 9.17) is 4.74 Å². The molecule has 1 aliphatic rings. The van der Waals surface area contributed by atoms with Crippen molar-refractivity contribution in [3.05, 3.63) is 84.2 Å². The van der Waals surface area contributed by atoms with Crippen LogP contribution in [0.5, 0.6) is 5.75 Å². The number of methoxy groups -OCH3 is 1. The minimum atomic E-state index is -4.26. The number of piperazine rings is 1. The molecule has 1 N–H and O–H groups in total. The van der Waals surface area contributed by atoms with Crippen molar-refractivity contribution >= 4 is 15.7 Å². The number of ether oxygens (including phenoxy) is 1. The first-order valence-electron chi connectivity index (χ1n) is 10.9. The Kier molecular flexibility index (Phi) is 7.40. The van der Waals surface area contributed by atoms with E-state index in [2.05, 4.69) is 19.5 Å². The highest BCUT2D eigenvalue weighted by molar-refractivity contribution is 7.89. The Bertz CT molecular complexity index is 1220. The van der Waals surface area contributed by atoms with Gasteiger partial charge in [0.05, 0.1) is 18.8 Å². The number of benzene rings is 2. The first-order chi connectivity index (χ1) is 16.4. The Morgan fingerprint density at radius 1 is 1.06 bits per heavy atom. The van der Waals surface area contributed by atoms with Gasteiger partial charge in [0.2, 0.25) is 10.0 Å². The first-order valence-corrected chi connectivity index (χ1v) is 12.3. The van der Waals surface area contributed by atoms with Gasteiger partial charge in [0.15, 0.2) is 0 Å². The second-order valence-corrected chi connectivity index (χ2v) is 9.66. The average molecular weight is 489 g/mol. The largest absolute Gasteiger partial charge is 0.495 e. The number of anilines is 1. The van der Waals surface area contributed by atoms with Gasteiger partial charge in [-0.2, -0.15) is 0 Å². The van der Waals surface area contributed by atoms with Gasteiger partial charge in [-0.25, -0.2) is 21.9 Å². The number of aromatic nitrogens is 1. The maximum atomic E-state index is 14.1. The lowest BCUT2D eigenvalue weighted by molar-refractivity contribution is 0.186. The van der Waals surface area contributed by atoms with Crippen LogP contribution in [0.3, 0.4) is 0 Å². The van der Waals surface area contributed by atoms with Crippen LogP contribution < -0.4 is 14.4 Å². The summed E-state index contributed by atoms with van der Waals surface area (Å²) in [6, 6.07) is 13.5. The summed E-state index contributed by atoms with van der Waals surface area (Å²) in [6.45, 7) is 2.73. The fourth-order valence-corrected chi connectivity index (χ4v) is 5.27. The van der Waals surface area contributed by atoms with Crippen molar-refractivity contribution in [2.24, 2.45) is 0 Å². The molecule has 7 nitrogen and oxygen atoms in total. The Balaban J connectivity index is 1.51. The lowest BCUT2D eigenvalue weighted by atomic mass is 10.1. The lowest BCUT2D eigenvalue weighted by Crippen LogP contribution is -2.50. The number of rotatable bonds is 8. The molecule has 2 heterocycles. The summed E-state index contributed by atoms with van der Waals surface area (Å²) in [5.41, 5.74) is 1.83. The molecule has 34 heavy (non-hydrogen) atoms. The monoisotopic (exact) mass is 488 g/mol. The lowest BCUT2D eigenvalue weighted by Gasteiger charge is -2.40. The molecule has 4 rings (SSSR count). The highest BCUT2D eigenvalue weighted by atomic mass is 32.2. The molecule has 0 aliphatic carbocycles. The van der Waals surface area contributed by atoms with E-state index in [1.807, 2.05) is 30.3 Å². The highest BCUT2D eigenvalue weighted by Crippen LogP contribution is 2.30. The van der Waals surface area contributed by atoms with Gasteiger partial charge in [-0.05, 0) is 42.0 Å². The summed E-state index contributed by atoms with van der Waals surface area (Å²) in [5.74, 6) is -1.03.